The zero-order valence-electron chi connectivity index (χ0n) is 14.1. The van der Waals surface area contributed by atoms with Gasteiger partial charge in [-0.2, -0.15) is 18.2 Å². The van der Waals surface area contributed by atoms with Gasteiger partial charge >= 0.3 is 6.18 Å². The second kappa shape index (κ2) is 6.71. The molecule has 0 fully saturated rings. The fourth-order valence-electron chi connectivity index (χ4n) is 2.54. The summed E-state index contributed by atoms with van der Waals surface area (Å²) in [7, 11) is -2.36. The lowest BCUT2D eigenvalue weighted by molar-refractivity contribution is -0.137. The van der Waals surface area contributed by atoms with Gasteiger partial charge in [0.25, 0.3) is 0 Å². The van der Waals surface area contributed by atoms with Gasteiger partial charge in [-0.15, -0.1) is 0 Å². The van der Waals surface area contributed by atoms with Crippen LogP contribution in [0.25, 0.3) is 0 Å². The normalized spacial score (nSPS) is 13.9. The number of rotatable bonds is 4. The number of nitrogens with one attached hydrogen (secondary N) is 1. The van der Waals surface area contributed by atoms with Crippen molar-refractivity contribution in [3.63, 3.8) is 0 Å². The Labute approximate surface area is 158 Å². The van der Waals surface area contributed by atoms with Gasteiger partial charge in [0.05, 0.1) is 24.2 Å². The Morgan fingerprint density at radius 2 is 2.04 bits per heavy atom. The van der Waals surface area contributed by atoms with Crippen LogP contribution >= 0.6 is 11.6 Å². The van der Waals surface area contributed by atoms with E-state index in [4.69, 9.17) is 16.3 Å². The van der Waals surface area contributed by atoms with Gasteiger partial charge in [0.2, 0.25) is 15.3 Å². The SMILES string of the molecule is CN(c1cc2c(cc1Nc1nc(Cl)ncc1C(F)(F)F)OCC2)S(C)(=O)=O. The quantitative estimate of drug-likeness (QED) is 0.761. The van der Waals surface area contributed by atoms with Crippen molar-refractivity contribution in [1.82, 2.24) is 9.97 Å². The van der Waals surface area contributed by atoms with Gasteiger partial charge < -0.3 is 10.1 Å². The smallest absolute Gasteiger partial charge is 0.421 e. The van der Waals surface area contributed by atoms with Gasteiger partial charge in [0.1, 0.15) is 17.1 Å². The first-order valence-corrected chi connectivity index (χ1v) is 9.80. The summed E-state index contributed by atoms with van der Waals surface area (Å²) in [5, 5.41) is 2.14. The molecule has 1 aromatic carbocycles. The third-order valence-corrected chi connectivity index (χ3v) is 5.34. The second-order valence-corrected chi connectivity index (χ2v) is 8.18. The van der Waals surface area contributed by atoms with E-state index in [2.05, 4.69) is 15.3 Å². The Morgan fingerprint density at radius 3 is 2.67 bits per heavy atom. The summed E-state index contributed by atoms with van der Waals surface area (Å²) in [4.78, 5) is 6.97. The van der Waals surface area contributed by atoms with Crippen LogP contribution in [-0.4, -0.2) is 38.3 Å². The van der Waals surface area contributed by atoms with Crippen LogP contribution in [0.2, 0.25) is 5.28 Å². The van der Waals surface area contributed by atoms with Crippen LogP contribution in [0.1, 0.15) is 11.1 Å². The molecule has 0 atom stereocenters. The molecule has 0 radical (unpaired) electrons. The van der Waals surface area contributed by atoms with Crippen LogP contribution in [0.3, 0.4) is 0 Å². The van der Waals surface area contributed by atoms with Crippen LogP contribution in [-0.2, 0) is 22.6 Å². The number of halogens is 4. The Morgan fingerprint density at radius 1 is 1.33 bits per heavy atom. The first-order chi connectivity index (χ1) is 12.5. The van der Waals surface area contributed by atoms with Crippen molar-refractivity contribution in [2.75, 3.05) is 29.5 Å². The molecule has 1 aromatic heterocycles. The number of nitrogens with zero attached hydrogens (tertiary/aromatic N) is 3. The Balaban J connectivity index is 2.14. The summed E-state index contributed by atoms with van der Waals surface area (Å²) in [5.74, 6) is -0.138. The molecule has 0 unspecified atom stereocenters. The molecule has 0 spiro atoms. The maximum Gasteiger partial charge on any atom is 0.421 e. The fraction of sp³-hybridized carbons (Fsp3) is 0.333. The molecule has 0 amide bonds. The highest BCUT2D eigenvalue weighted by atomic mass is 35.5. The summed E-state index contributed by atoms with van der Waals surface area (Å²) >= 11 is 5.64. The topological polar surface area (TPSA) is 84.4 Å². The van der Waals surface area contributed by atoms with Gasteiger partial charge in [-0.05, 0) is 23.2 Å². The van der Waals surface area contributed by atoms with E-state index in [9.17, 15) is 21.6 Å². The van der Waals surface area contributed by atoms with Crippen LogP contribution in [0.5, 0.6) is 5.75 Å². The number of sulfonamides is 1. The first-order valence-electron chi connectivity index (χ1n) is 7.57. The maximum atomic E-state index is 13.3. The highest BCUT2D eigenvalue weighted by Crippen LogP contribution is 2.41. The second-order valence-electron chi connectivity index (χ2n) is 5.83. The lowest BCUT2D eigenvalue weighted by Gasteiger charge is -2.22. The molecule has 12 heteroatoms. The zero-order valence-corrected chi connectivity index (χ0v) is 15.7. The summed E-state index contributed by atoms with van der Waals surface area (Å²) in [5.41, 5.74) is -0.155. The molecular formula is C15H14ClF3N4O3S. The lowest BCUT2D eigenvalue weighted by atomic mass is 10.1. The Hall–Kier alpha value is -2.27. The average molecular weight is 423 g/mol. The molecule has 3 rings (SSSR count). The average Bonchev–Trinajstić information content (AvgIpc) is 2.98. The molecule has 0 saturated carbocycles. The standard InChI is InChI=1S/C15H14ClF3N4O3S/c1-23(27(2,24)25)11-5-8-3-4-26-12(8)6-10(11)21-13-9(15(17,18)19)7-20-14(16)22-13/h5-7H,3-4H2,1-2H3,(H,20,21,22). The molecular weight excluding hydrogens is 409 g/mol. The number of anilines is 3. The number of hydrogen-bond donors (Lipinski definition) is 1. The van der Waals surface area contributed by atoms with Crippen molar-refractivity contribution in [2.24, 2.45) is 0 Å². The highest BCUT2D eigenvalue weighted by molar-refractivity contribution is 7.92. The molecule has 1 aliphatic rings. The third kappa shape index (κ3) is 4.03. The molecule has 7 nitrogen and oxygen atoms in total. The van der Waals surface area contributed by atoms with E-state index >= 15 is 0 Å². The molecule has 27 heavy (non-hydrogen) atoms. The molecule has 1 N–H and O–H groups in total. The van der Waals surface area contributed by atoms with E-state index in [-0.39, 0.29) is 16.7 Å². The van der Waals surface area contributed by atoms with Gasteiger partial charge in [0, 0.05) is 25.7 Å². The van der Waals surface area contributed by atoms with Gasteiger partial charge in [-0.25, -0.2) is 13.4 Å². The molecule has 0 saturated heterocycles. The number of benzene rings is 1. The number of hydrogen-bond acceptors (Lipinski definition) is 6. The zero-order chi connectivity index (χ0) is 20.0. The van der Waals surface area contributed by atoms with Gasteiger partial charge in [-0.3, -0.25) is 4.31 Å². The molecule has 0 bridgehead atoms. The minimum atomic E-state index is -4.73. The van der Waals surface area contributed by atoms with E-state index in [1.165, 1.54) is 13.1 Å². The largest absolute Gasteiger partial charge is 0.493 e. The molecule has 2 aromatic rings. The number of ether oxygens (including phenoxy) is 1. The van der Waals surface area contributed by atoms with Crippen LogP contribution < -0.4 is 14.4 Å². The van der Waals surface area contributed by atoms with Crippen molar-refractivity contribution in [3.05, 3.63) is 34.7 Å². The fourth-order valence-corrected chi connectivity index (χ4v) is 3.18. The lowest BCUT2D eigenvalue weighted by Crippen LogP contribution is -2.26. The van der Waals surface area contributed by atoms with E-state index in [0.717, 1.165) is 16.1 Å². The van der Waals surface area contributed by atoms with Crippen molar-refractivity contribution in [3.8, 4) is 5.75 Å². The highest BCUT2D eigenvalue weighted by Gasteiger charge is 2.36. The van der Waals surface area contributed by atoms with Crippen molar-refractivity contribution >= 4 is 38.8 Å². The summed E-state index contributed by atoms with van der Waals surface area (Å²) in [6.07, 6.45) is -2.62. The number of fused-ring (bicyclic) bond motifs is 1. The van der Waals surface area contributed by atoms with E-state index < -0.39 is 27.6 Å². The van der Waals surface area contributed by atoms with E-state index in [0.29, 0.717) is 25.0 Å². The predicted molar refractivity (Wildman–Crippen MR) is 94.2 cm³/mol. The minimum absolute atomic E-state index is 0.0730. The van der Waals surface area contributed by atoms with E-state index in [1.807, 2.05) is 0 Å². The Kier molecular flexibility index (Phi) is 4.85. The van der Waals surface area contributed by atoms with Gasteiger partial charge in [-0.1, -0.05) is 0 Å². The molecule has 146 valence electrons. The van der Waals surface area contributed by atoms with Crippen molar-refractivity contribution in [2.45, 2.75) is 12.6 Å². The van der Waals surface area contributed by atoms with E-state index in [1.54, 1.807) is 6.07 Å². The van der Waals surface area contributed by atoms with Crippen molar-refractivity contribution in [1.29, 1.82) is 0 Å². The first kappa shape index (κ1) is 19.5. The van der Waals surface area contributed by atoms with Crippen LogP contribution in [0.4, 0.5) is 30.4 Å². The predicted octanol–water partition coefficient (Wildman–Crippen LogP) is 3.22. The van der Waals surface area contributed by atoms with Crippen molar-refractivity contribution < 1.29 is 26.3 Å². The molecule has 0 aliphatic carbocycles. The number of aromatic nitrogens is 2. The summed E-state index contributed by atoms with van der Waals surface area (Å²) in [6.45, 7) is 0.397. The third-order valence-electron chi connectivity index (χ3n) is 3.96. The summed E-state index contributed by atoms with van der Waals surface area (Å²) in [6, 6.07) is 3.00. The number of alkyl halides is 3. The Bertz CT molecular complexity index is 999. The van der Waals surface area contributed by atoms with Gasteiger partial charge in [0.15, 0.2) is 0 Å². The minimum Gasteiger partial charge on any atom is -0.493 e. The van der Waals surface area contributed by atoms with Crippen LogP contribution in [0.15, 0.2) is 18.3 Å². The molecule has 1 aliphatic heterocycles. The molecule has 2 heterocycles. The maximum absolute atomic E-state index is 13.3. The monoisotopic (exact) mass is 422 g/mol. The summed E-state index contributed by atoms with van der Waals surface area (Å²) < 4.78 is 70.1. The van der Waals surface area contributed by atoms with Crippen LogP contribution in [0, 0.1) is 0 Å².